The Bertz CT molecular complexity index is 880. The molecule has 0 bridgehead atoms. The molecule has 1 aromatic heterocycles. The Balaban J connectivity index is 2.15. The van der Waals surface area contributed by atoms with E-state index in [1.165, 1.54) is 6.07 Å². The van der Waals surface area contributed by atoms with Crippen molar-refractivity contribution in [3.8, 4) is 0 Å². The molecule has 1 atom stereocenters. The summed E-state index contributed by atoms with van der Waals surface area (Å²) in [6, 6.07) is 2.81. The predicted molar refractivity (Wildman–Crippen MR) is 78.3 cm³/mol. The summed E-state index contributed by atoms with van der Waals surface area (Å²) in [5.74, 6) is -6.03. The van der Waals surface area contributed by atoms with Crippen LogP contribution >= 0.6 is 0 Å². The van der Waals surface area contributed by atoms with Crippen molar-refractivity contribution in [2.75, 3.05) is 5.32 Å². The molecule has 10 heteroatoms. The zero-order valence-electron chi connectivity index (χ0n) is 12.6. The zero-order valence-corrected chi connectivity index (χ0v) is 13.5. The molecule has 0 spiro atoms. The van der Waals surface area contributed by atoms with Gasteiger partial charge in [0.1, 0.15) is 11.0 Å². The maximum absolute atomic E-state index is 13.5. The van der Waals surface area contributed by atoms with Gasteiger partial charge in [0.15, 0.2) is 27.3 Å². The second kappa shape index (κ2) is 6.63. The molecule has 0 aliphatic heterocycles. The average Bonchev–Trinajstić information content (AvgIpc) is 2.91. The van der Waals surface area contributed by atoms with Crippen molar-refractivity contribution in [1.29, 1.82) is 0 Å². The molecule has 0 aliphatic rings. The van der Waals surface area contributed by atoms with Crippen LogP contribution in [-0.2, 0) is 20.4 Å². The lowest BCUT2D eigenvalue weighted by Gasteiger charge is -2.13. The van der Waals surface area contributed by atoms with E-state index in [1.807, 2.05) is 5.32 Å². The molecule has 0 aliphatic carbocycles. The molecule has 0 saturated carbocycles. The molecule has 0 unspecified atom stereocenters. The summed E-state index contributed by atoms with van der Waals surface area (Å²) in [6.45, 7) is 2.67. The van der Waals surface area contributed by atoms with Crippen LogP contribution in [0.3, 0.4) is 0 Å². The van der Waals surface area contributed by atoms with Crippen molar-refractivity contribution in [2.45, 2.75) is 24.9 Å². The number of halogens is 3. The van der Waals surface area contributed by atoms with Crippen LogP contribution in [0.4, 0.5) is 18.9 Å². The fraction of sp³-hybridized carbons (Fsp3) is 0.286. The van der Waals surface area contributed by atoms with Crippen molar-refractivity contribution in [3.05, 3.63) is 47.1 Å². The number of carbonyl (C=O) groups is 1. The molecule has 2 aromatic rings. The number of benzene rings is 1. The molecular weight excluding hydrogens is 349 g/mol. The van der Waals surface area contributed by atoms with E-state index < -0.39 is 49.9 Å². The quantitative estimate of drug-likeness (QED) is 0.825. The van der Waals surface area contributed by atoms with Gasteiger partial charge in [-0.1, -0.05) is 5.16 Å². The first kappa shape index (κ1) is 18.0. The number of carbonyl (C=O) groups excluding carboxylic acids is 1. The standard InChI is InChI=1S/C14H13F3N2O4S/c1-7-5-9(19-23-7)6-24(21,22)8(2)14(20)18-11-4-3-10(15)12(16)13(11)17/h3-5,8H,6H2,1-2H3,(H,18,20)/t8-/m0/s1. The lowest BCUT2D eigenvalue weighted by molar-refractivity contribution is -0.115. The normalized spacial score (nSPS) is 12.9. The van der Waals surface area contributed by atoms with E-state index in [2.05, 4.69) is 5.16 Å². The molecule has 1 aromatic carbocycles. The Morgan fingerprint density at radius 2 is 1.96 bits per heavy atom. The summed E-state index contributed by atoms with van der Waals surface area (Å²) in [7, 11) is -3.98. The molecular formula is C14H13F3N2O4S. The van der Waals surface area contributed by atoms with Gasteiger partial charge in [0.2, 0.25) is 5.91 Å². The molecule has 130 valence electrons. The second-order valence-corrected chi connectivity index (χ2v) is 7.41. The molecule has 0 saturated heterocycles. The van der Waals surface area contributed by atoms with Gasteiger partial charge in [-0.25, -0.2) is 21.6 Å². The van der Waals surface area contributed by atoms with Crippen molar-refractivity contribution in [1.82, 2.24) is 5.16 Å². The van der Waals surface area contributed by atoms with E-state index in [-0.39, 0.29) is 5.69 Å². The highest BCUT2D eigenvalue weighted by molar-refractivity contribution is 7.92. The lowest BCUT2D eigenvalue weighted by atomic mass is 10.2. The number of aryl methyl sites for hydroxylation is 1. The summed E-state index contributed by atoms with van der Waals surface area (Å²) >= 11 is 0. The molecule has 0 radical (unpaired) electrons. The van der Waals surface area contributed by atoms with Gasteiger partial charge in [-0.15, -0.1) is 0 Å². The number of hydrogen-bond acceptors (Lipinski definition) is 5. The topological polar surface area (TPSA) is 89.3 Å². The summed E-state index contributed by atoms with van der Waals surface area (Å²) in [5.41, 5.74) is -0.538. The van der Waals surface area contributed by atoms with Gasteiger partial charge in [0.25, 0.3) is 0 Å². The van der Waals surface area contributed by atoms with E-state index in [0.29, 0.717) is 11.8 Å². The minimum atomic E-state index is -3.98. The van der Waals surface area contributed by atoms with E-state index in [9.17, 15) is 26.4 Å². The van der Waals surface area contributed by atoms with Gasteiger partial charge >= 0.3 is 0 Å². The molecule has 24 heavy (non-hydrogen) atoms. The number of nitrogens with one attached hydrogen (secondary N) is 1. The van der Waals surface area contributed by atoms with Gasteiger partial charge in [0.05, 0.1) is 17.1 Å². The first-order chi connectivity index (χ1) is 11.1. The number of aromatic nitrogens is 1. The van der Waals surface area contributed by atoms with Crippen molar-refractivity contribution in [2.24, 2.45) is 0 Å². The van der Waals surface area contributed by atoms with E-state index in [4.69, 9.17) is 4.52 Å². The van der Waals surface area contributed by atoms with Crippen molar-refractivity contribution in [3.63, 3.8) is 0 Å². The Hall–Kier alpha value is -2.36. The van der Waals surface area contributed by atoms with Crippen LogP contribution in [0.25, 0.3) is 0 Å². The second-order valence-electron chi connectivity index (χ2n) is 5.09. The average molecular weight is 362 g/mol. The first-order valence-corrected chi connectivity index (χ1v) is 8.41. The summed E-state index contributed by atoms with van der Waals surface area (Å²) in [4.78, 5) is 12.0. The number of amides is 1. The monoisotopic (exact) mass is 362 g/mol. The van der Waals surface area contributed by atoms with Gasteiger partial charge in [-0.2, -0.15) is 0 Å². The highest BCUT2D eigenvalue weighted by Crippen LogP contribution is 2.21. The third kappa shape index (κ3) is 3.75. The SMILES string of the molecule is Cc1cc(CS(=O)(=O)[C@@H](C)C(=O)Nc2ccc(F)c(F)c2F)no1. The maximum Gasteiger partial charge on any atom is 0.242 e. The van der Waals surface area contributed by atoms with Gasteiger partial charge in [0, 0.05) is 6.07 Å². The first-order valence-electron chi connectivity index (χ1n) is 6.70. The molecule has 6 nitrogen and oxygen atoms in total. The summed E-state index contributed by atoms with van der Waals surface area (Å²) in [5, 5.41) is 3.89. The minimum absolute atomic E-state index is 0.117. The molecule has 1 heterocycles. The molecule has 2 rings (SSSR count). The van der Waals surface area contributed by atoms with Gasteiger partial charge in [-0.3, -0.25) is 4.79 Å². The van der Waals surface area contributed by atoms with Crippen molar-refractivity contribution < 1.29 is 30.9 Å². The summed E-state index contributed by atoms with van der Waals surface area (Å²) < 4.78 is 68.6. The third-order valence-corrected chi connectivity index (χ3v) is 5.22. The van der Waals surface area contributed by atoms with E-state index in [0.717, 1.165) is 13.0 Å². The van der Waals surface area contributed by atoms with Gasteiger partial charge < -0.3 is 9.84 Å². The fourth-order valence-corrected chi connectivity index (χ4v) is 3.02. The highest BCUT2D eigenvalue weighted by atomic mass is 32.2. The van der Waals surface area contributed by atoms with Crippen LogP contribution in [0.15, 0.2) is 22.7 Å². The van der Waals surface area contributed by atoms with E-state index in [1.54, 1.807) is 6.92 Å². The molecule has 1 amide bonds. The highest BCUT2D eigenvalue weighted by Gasteiger charge is 2.30. The Kier molecular flexibility index (Phi) is 4.97. The number of nitrogens with zero attached hydrogens (tertiary/aromatic N) is 1. The van der Waals surface area contributed by atoms with Gasteiger partial charge in [-0.05, 0) is 26.0 Å². The largest absolute Gasteiger partial charge is 0.361 e. The summed E-state index contributed by atoms with van der Waals surface area (Å²) in [6.07, 6.45) is 0. The Labute approximate surface area is 135 Å². The number of rotatable bonds is 5. The third-order valence-electron chi connectivity index (χ3n) is 3.23. The maximum atomic E-state index is 13.5. The van der Waals surface area contributed by atoms with Crippen LogP contribution in [0.1, 0.15) is 18.4 Å². The number of hydrogen-bond donors (Lipinski definition) is 1. The fourth-order valence-electron chi connectivity index (χ4n) is 1.84. The number of anilines is 1. The Morgan fingerprint density at radius 3 is 2.54 bits per heavy atom. The molecule has 1 N–H and O–H groups in total. The lowest BCUT2D eigenvalue weighted by Crippen LogP contribution is -2.33. The number of sulfone groups is 1. The molecule has 0 fully saturated rings. The smallest absolute Gasteiger partial charge is 0.242 e. The van der Waals surface area contributed by atoms with E-state index >= 15 is 0 Å². The van der Waals surface area contributed by atoms with Crippen LogP contribution in [0.5, 0.6) is 0 Å². The van der Waals surface area contributed by atoms with Crippen LogP contribution < -0.4 is 5.32 Å². The Morgan fingerprint density at radius 1 is 1.29 bits per heavy atom. The minimum Gasteiger partial charge on any atom is -0.361 e. The van der Waals surface area contributed by atoms with Crippen LogP contribution in [-0.4, -0.2) is 24.7 Å². The van der Waals surface area contributed by atoms with Crippen molar-refractivity contribution >= 4 is 21.4 Å². The van der Waals surface area contributed by atoms with Crippen LogP contribution in [0.2, 0.25) is 0 Å². The predicted octanol–water partition coefficient (Wildman–Crippen LogP) is 2.34. The zero-order chi connectivity index (χ0) is 18.1. The van der Waals surface area contributed by atoms with Crippen LogP contribution in [0, 0.1) is 24.4 Å².